The standard InChI is InChI=1S/C12H16N4O4/c13-11(20)12-14-4-15-16(12)8-6-2-1-5(17)3-7(6)9(18)10(8)19/h2,4-5,7-10,17-19H,1,3H2,(H2,13,20)/t5-,7-,8+,9+,10-/m0/s1. The van der Waals surface area contributed by atoms with Crippen LogP contribution in [0.2, 0.25) is 0 Å². The number of carbonyl (C=O) groups excluding carboxylic acids is 1. The number of aliphatic hydroxyl groups excluding tert-OH is 3. The van der Waals surface area contributed by atoms with Crippen LogP contribution in [0.4, 0.5) is 0 Å². The molecule has 0 spiro atoms. The number of nitrogens with two attached hydrogens (primary N) is 1. The van der Waals surface area contributed by atoms with Crippen LogP contribution in [0.3, 0.4) is 0 Å². The minimum absolute atomic E-state index is 0.0612. The van der Waals surface area contributed by atoms with Crippen molar-refractivity contribution in [1.82, 2.24) is 14.8 Å². The molecule has 1 aromatic rings. The van der Waals surface area contributed by atoms with Crippen molar-refractivity contribution in [3.05, 3.63) is 23.8 Å². The summed E-state index contributed by atoms with van der Waals surface area (Å²) >= 11 is 0. The molecule has 0 aliphatic heterocycles. The van der Waals surface area contributed by atoms with Gasteiger partial charge in [-0.25, -0.2) is 9.67 Å². The van der Waals surface area contributed by atoms with Crippen LogP contribution in [-0.2, 0) is 0 Å². The first-order valence-corrected chi connectivity index (χ1v) is 6.44. The molecule has 3 rings (SSSR count). The predicted octanol–water partition coefficient (Wildman–Crippen LogP) is -1.65. The van der Waals surface area contributed by atoms with E-state index < -0.39 is 30.3 Å². The van der Waals surface area contributed by atoms with E-state index in [1.807, 2.05) is 0 Å². The predicted molar refractivity (Wildman–Crippen MR) is 66.4 cm³/mol. The Hall–Kier alpha value is -1.77. The quantitative estimate of drug-likeness (QED) is 0.479. The maximum Gasteiger partial charge on any atom is 0.286 e. The first-order chi connectivity index (χ1) is 9.50. The van der Waals surface area contributed by atoms with E-state index in [2.05, 4.69) is 10.1 Å². The SMILES string of the molecule is NC(=O)c1ncnn1[C@@H]1C2=CC[C@H](O)C[C@@H]2[C@@H](O)[C@H]1O. The lowest BCUT2D eigenvalue weighted by molar-refractivity contribution is -0.00502. The minimum Gasteiger partial charge on any atom is -0.393 e. The number of rotatable bonds is 2. The smallest absolute Gasteiger partial charge is 0.286 e. The van der Waals surface area contributed by atoms with Gasteiger partial charge < -0.3 is 21.1 Å². The molecule has 8 nitrogen and oxygen atoms in total. The van der Waals surface area contributed by atoms with Crippen LogP contribution < -0.4 is 5.73 Å². The number of hydrogen-bond acceptors (Lipinski definition) is 6. The Morgan fingerprint density at radius 3 is 2.80 bits per heavy atom. The van der Waals surface area contributed by atoms with Crippen LogP contribution >= 0.6 is 0 Å². The largest absolute Gasteiger partial charge is 0.393 e. The van der Waals surface area contributed by atoms with Crippen LogP contribution in [0.15, 0.2) is 18.0 Å². The molecule has 5 N–H and O–H groups in total. The Morgan fingerprint density at radius 1 is 1.35 bits per heavy atom. The van der Waals surface area contributed by atoms with E-state index in [0.29, 0.717) is 12.8 Å². The Bertz CT molecular complexity index is 570. The fourth-order valence-corrected chi connectivity index (χ4v) is 3.16. The Labute approximate surface area is 114 Å². The normalized spacial score (nSPS) is 36.5. The highest BCUT2D eigenvalue weighted by Crippen LogP contribution is 2.45. The number of amides is 1. The Balaban J connectivity index is 2.04. The molecule has 1 amide bonds. The van der Waals surface area contributed by atoms with Crippen LogP contribution in [0.1, 0.15) is 29.5 Å². The number of carbonyl (C=O) groups is 1. The molecule has 0 aromatic carbocycles. The fraction of sp³-hybridized carbons (Fsp3) is 0.583. The Morgan fingerprint density at radius 2 is 2.10 bits per heavy atom. The summed E-state index contributed by atoms with van der Waals surface area (Å²) in [7, 11) is 0. The van der Waals surface area contributed by atoms with Crippen molar-refractivity contribution in [1.29, 1.82) is 0 Å². The van der Waals surface area contributed by atoms with Crippen LogP contribution in [0.25, 0.3) is 0 Å². The summed E-state index contributed by atoms with van der Waals surface area (Å²) in [5.41, 5.74) is 6.00. The highest BCUT2D eigenvalue weighted by Gasteiger charge is 2.49. The van der Waals surface area contributed by atoms with Crippen molar-refractivity contribution in [3.8, 4) is 0 Å². The molecule has 1 saturated carbocycles. The van der Waals surface area contributed by atoms with Gasteiger partial charge in [0.25, 0.3) is 5.91 Å². The van der Waals surface area contributed by atoms with Gasteiger partial charge in [0.1, 0.15) is 18.5 Å². The molecule has 8 heteroatoms. The summed E-state index contributed by atoms with van der Waals surface area (Å²) in [5, 5.41) is 34.0. The van der Waals surface area contributed by atoms with Gasteiger partial charge in [-0.05, 0) is 18.4 Å². The second-order valence-corrected chi connectivity index (χ2v) is 5.25. The van der Waals surface area contributed by atoms with Gasteiger partial charge in [0.2, 0.25) is 5.82 Å². The molecule has 0 radical (unpaired) electrons. The summed E-state index contributed by atoms with van der Waals surface area (Å²) in [6, 6.07) is -0.674. The molecule has 1 aromatic heterocycles. The van der Waals surface area contributed by atoms with E-state index in [1.54, 1.807) is 6.08 Å². The fourth-order valence-electron chi connectivity index (χ4n) is 3.16. The van der Waals surface area contributed by atoms with Gasteiger partial charge >= 0.3 is 0 Å². The molecular formula is C12H16N4O4. The van der Waals surface area contributed by atoms with Crippen molar-refractivity contribution >= 4 is 5.91 Å². The highest BCUT2D eigenvalue weighted by atomic mass is 16.3. The maximum absolute atomic E-state index is 11.3. The third-order valence-electron chi connectivity index (χ3n) is 4.06. The van der Waals surface area contributed by atoms with Gasteiger partial charge in [-0.1, -0.05) is 6.08 Å². The van der Waals surface area contributed by atoms with Crippen LogP contribution in [0, 0.1) is 5.92 Å². The molecule has 2 aliphatic rings. The number of hydrogen-bond donors (Lipinski definition) is 4. The number of aromatic nitrogens is 3. The molecule has 108 valence electrons. The second kappa shape index (κ2) is 4.65. The third-order valence-corrected chi connectivity index (χ3v) is 4.06. The summed E-state index contributed by atoms with van der Waals surface area (Å²) < 4.78 is 1.25. The molecule has 5 atom stereocenters. The molecule has 0 unspecified atom stereocenters. The van der Waals surface area contributed by atoms with Gasteiger partial charge in [0.05, 0.1) is 12.2 Å². The molecular weight excluding hydrogens is 264 g/mol. The molecule has 1 fully saturated rings. The van der Waals surface area contributed by atoms with E-state index in [0.717, 1.165) is 5.57 Å². The zero-order valence-electron chi connectivity index (χ0n) is 10.6. The van der Waals surface area contributed by atoms with Gasteiger partial charge in [-0.2, -0.15) is 5.10 Å². The van der Waals surface area contributed by atoms with E-state index in [4.69, 9.17) is 5.73 Å². The zero-order valence-corrected chi connectivity index (χ0v) is 10.6. The van der Waals surface area contributed by atoms with Gasteiger partial charge in [-0.15, -0.1) is 0 Å². The lowest BCUT2D eigenvalue weighted by Gasteiger charge is -2.25. The topological polar surface area (TPSA) is 134 Å². The van der Waals surface area contributed by atoms with Crippen molar-refractivity contribution in [2.75, 3.05) is 0 Å². The molecule has 0 bridgehead atoms. The number of fused-ring (bicyclic) bond motifs is 1. The molecule has 20 heavy (non-hydrogen) atoms. The Kier molecular flexibility index (Phi) is 3.08. The van der Waals surface area contributed by atoms with Crippen molar-refractivity contribution in [2.24, 2.45) is 11.7 Å². The van der Waals surface area contributed by atoms with Crippen molar-refractivity contribution in [3.63, 3.8) is 0 Å². The first kappa shape index (κ1) is 13.2. The number of nitrogens with zero attached hydrogens (tertiary/aromatic N) is 3. The monoisotopic (exact) mass is 280 g/mol. The lowest BCUT2D eigenvalue weighted by atomic mass is 9.86. The third kappa shape index (κ3) is 1.84. The van der Waals surface area contributed by atoms with E-state index in [1.165, 1.54) is 11.0 Å². The van der Waals surface area contributed by atoms with E-state index >= 15 is 0 Å². The summed E-state index contributed by atoms with van der Waals surface area (Å²) in [5.74, 6) is -1.15. The van der Waals surface area contributed by atoms with Crippen LogP contribution in [-0.4, -0.2) is 54.3 Å². The summed E-state index contributed by atoms with van der Waals surface area (Å²) in [6.45, 7) is 0. The second-order valence-electron chi connectivity index (χ2n) is 5.25. The van der Waals surface area contributed by atoms with E-state index in [-0.39, 0.29) is 11.7 Å². The van der Waals surface area contributed by atoms with Gasteiger partial charge in [-0.3, -0.25) is 4.79 Å². The van der Waals surface area contributed by atoms with Gasteiger partial charge in [0, 0.05) is 5.92 Å². The summed E-state index contributed by atoms with van der Waals surface area (Å²) in [6.07, 6.45) is 1.14. The summed E-state index contributed by atoms with van der Waals surface area (Å²) in [4.78, 5) is 15.1. The lowest BCUT2D eigenvalue weighted by Crippen LogP contribution is -2.32. The molecule has 1 heterocycles. The number of aliphatic hydroxyl groups is 3. The average molecular weight is 280 g/mol. The first-order valence-electron chi connectivity index (χ1n) is 6.44. The van der Waals surface area contributed by atoms with Crippen LogP contribution in [0.5, 0.6) is 0 Å². The maximum atomic E-state index is 11.3. The molecule has 2 aliphatic carbocycles. The average Bonchev–Trinajstić information content (AvgIpc) is 2.96. The molecule has 0 saturated heterocycles. The highest BCUT2D eigenvalue weighted by molar-refractivity contribution is 5.89. The van der Waals surface area contributed by atoms with E-state index in [9.17, 15) is 20.1 Å². The zero-order chi connectivity index (χ0) is 14.4. The van der Waals surface area contributed by atoms with Crippen molar-refractivity contribution < 1.29 is 20.1 Å². The minimum atomic E-state index is -1.11. The van der Waals surface area contributed by atoms with Gasteiger partial charge in [0.15, 0.2) is 0 Å². The number of primary amides is 1. The van der Waals surface area contributed by atoms with Crippen molar-refractivity contribution in [2.45, 2.75) is 37.2 Å².